The van der Waals surface area contributed by atoms with Crippen molar-refractivity contribution < 1.29 is 4.79 Å². The zero-order chi connectivity index (χ0) is 17.1. The van der Waals surface area contributed by atoms with Gasteiger partial charge in [0.1, 0.15) is 0 Å². The first-order valence-corrected chi connectivity index (χ1v) is 8.68. The molecule has 1 aliphatic rings. The maximum atomic E-state index is 12.3. The van der Waals surface area contributed by atoms with E-state index in [-0.39, 0.29) is 6.03 Å². The lowest BCUT2D eigenvalue weighted by atomic mass is 10.2. The normalized spacial score (nSPS) is 14.6. The van der Waals surface area contributed by atoms with Crippen LogP contribution in [0.5, 0.6) is 0 Å². The maximum Gasteiger partial charge on any atom is 0.321 e. The van der Waals surface area contributed by atoms with Crippen LogP contribution in [0.15, 0.2) is 42.5 Å². The van der Waals surface area contributed by atoms with Crippen LogP contribution in [0.4, 0.5) is 16.2 Å². The van der Waals surface area contributed by atoms with E-state index in [0.717, 1.165) is 5.69 Å². The lowest BCUT2D eigenvalue weighted by molar-refractivity contribution is 0.208. The molecule has 1 N–H and O–H groups in total. The van der Waals surface area contributed by atoms with E-state index in [1.807, 2.05) is 12.1 Å². The summed E-state index contributed by atoms with van der Waals surface area (Å²) in [5.74, 6) is 0. The summed E-state index contributed by atoms with van der Waals surface area (Å²) in [4.78, 5) is 16.3. The number of urea groups is 1. The standard InChI is InChI=1S/C17H16Cl3N3O/c18-12-2-1-3-14(10-12)21-17(24)23-8-6-22(7-9-23)16-11-13(19)4-5-15(16)20/h1-5,10-11H,6-9H2,(H,21,24). The van der Waals surface area contributed by atoms with Crippen molar-refractivity contribution in [1.29, 1.82) is 0 Å². The van der Waals surface area contributed by atoms with Gasteiger partial charge in [-0.2, -0.15) is 0 Å². The van der Waals surface area contributed by atoms with Crippen molar-refractivity contribution in [3.63, 3.8) is 0 Å². The number of hydrogen-bond donors (Lipinski definition) is 1. The number of carbonyl (C=O) groups is 1. The van der Waals surface area contributed by atoms with Crippen LogP contribution in [0.3, 0.4) is 0 Å². The van der Waals surface area contributed by atoms with E-state index >= 15 is 0 Å². The molecule has 1 heterocycles. The van der Waals surface area contributed by atoms with Gasteiger partial charge in [-0.1, -0.05) is 40.9 Å². The highest BCUT2D eigenvalue weighted by Gasteiger charge is 2.22. The molecule has 0 spiro atoms. The summed E-state index contributed by atoms with van der Waals surface area (Å²) < 4.78 is 0. The number of halogens is 3. The Morgan fingerprint density at radius 3 is 2.33 bits per heavy atom. The first-order chi connectivity index (χ1) is 11.5. The Morgan fingerprint density at radius 1 is 0.917 bits per heavy atom. The van der Waals surface area contributed by atoms with Crippen LogP contribution < -0.4 is 10.2 Å². The molecule has 0 aliphatic carbocycles. The molecule has 126 valence electrons. The summed E-state index contributed by atoms with van der Waals surface area (Å²) in [7, 11) is 0. The van der Waals surface area contributed by atoms with Crippen molar-refractivity contribution in [3.05, 3.63) is 57.5 Å². The van der Waals surface area contributed by atoms with Gasteiger partial charge in [0.15, 0.2) is 0 Å². The molecule has 1 saturated heterocycles. The summed E-state index contributed by atoms with van der Waals surface area (Å²) >= 11 is 18.2. The fourth-order valence-electron chi connectivity index (χ4n) is 2.65. The fourth-order valence-corrected chi connectivity index (χ4v) is 3.24. The molecule has 0 unspecified atom stereocenters. The van der Waals surface area contributed by atoms with Crippen LogP contribution in [0.2, 0.25) is 15.1 Å². The summed E-state index contributed by atoms with van der Waals surface area (Å²) in [6.45, 7) is 2.61. The van der Waals surface area contributed by atoms with E-state index in [1.54, 1.807) is 35.2 Å². The van der Waals surface area contributed by atoms with E-state index in [2.05, 4.69) is 10.2 Å². The van der Waals surface area contributed by atoms with Gasteiger partial charge in [-0.15, -0.1) is 0 Å². The van der Waals surface area contributed by atoms with E-state index in [1.165, 1.54) is 0 Å². The Hall–Kier alpha value is -1.62. The van der Waals surface area contributed by atoms with Gasteiger partial charge in [0.05, 0.1) is 10.7 Å². The highest BCUT2D eigenvalue weighted by molar-refractivity contribution is 6.35. The summed E-state index contributed by atoms with van der Waals surface area (Å²) in [5.41, 5.74) is 1.59. The Balaban J connectivity index is 1.60. The predicted octanol–water partition coefficient (Wildman–Crippen LogP) is 5.00. The minimum atomic E-state index is -0.130. The summed E-state index contributed by atoms with van der Waals surface area (Å²) in [5, 5.41) is 4.77. The van der Waals surface area contributed by atoms with Crippen LogP contribution in [-0.2, 0) is 0 Å². The average Bonchev–Trinajstić information content (AvgIpc) is 2.57. The molecule has 2 amide bonds. The molecule has 0 saturated carbocycles. The Labute approximate surface area is 155 Å². The van der Waals surface area contributed by atoms with E-state index in [9.17, 15) is 4.79 Å². The van der Waals surface area contributed by atoms with Gasteiger partial charge in [0, 0.05) is 41.9 Å². The molecule has 1 fully saturated rings. The number of amides is 2. The lowest BCUT2D eigenvalue weighted by Crippen LogP contribution is -2.50. The van der Waals surface area contributed by atoms with E-state index in [4.69, 9.17) is 34.8 Å². The molecule has 2 aromatic carbocycles. The molecule has 4 nitrogen and oxygen atoms in total. The molecule has 0 radical (unpaired) electrons. The molecule has 0 bridgehead atoms. The van der Waals surface area contributed by atoms with Gasteiger partial charge in [-0.05, 0) is 36.4 Å². The van der Waals surface area contributed by atoms with Crippen molar-refractivity contribution in [2.75, 3.05) is 36.4 Å². The number of hydrogen-bond acceptors (Lipinski definition) is 2. The molecular formula is C17H16Cl3N3O. The zero-order valence-corrected chi connectivity index (χ0v) is 15.1. The van der Waals surface area contributed by atoms with Crippen molar-refractivity contribution in [2.45, 2.75) is 0 Å². The Kier molecular flexibility index (Phi) is 5.39. The predicted molar refractivity (Wildman–Crippen MR) is 101 cm³/mol. The van der Waals surface area contributed by atoms with E-state index < -0.39 is 0 Å². The van der Waals surface area contributed by atoms with Crippen molar-refractivity contribution >= 4 is 52.2 Å². The third kappa shape index (κ3) is 4.07. The number of nitrogens with one attached hydrogen (secondary N) is 1. The number of benzene rings is 2. The molecule has 1 aliphatic heterocycles. The number of carbonyl (C=O) groups excluding carboxylic acids is 1. The van der Waals surface area contributed by atoms with Gasteiger partial charge < -0.3 is 15.1 Å². The highest BCUT2D eigenvalue weighted by Crippen LogP contribution is 2.29. The van der Waals surface area contributed by atoms with Crippen molar-refractivity contribution in [1.82, 2.24) is 4.90 Å². The maximum absolute atomic E-state index is 12.3. The summed E-state index contributed by atoms with van der Waals surface area (Å²) in [6.07, 6.45) is 0. The lowest BCUT2D eigenvalue weighted by Gasteiger charge is -2.36. The third-order valence-corrected chi connectivity index (χ3v) is 4.68. The second-order valence-electron chi connectivity index (χ2n) is 5.51. The molecule has 24 heavy (non-hydrogen) atoms. The minimum Gasteiger partial charge on any atom is -0.367 e. The Bertz CT molecular complexity index is 746. The first-order valence-electron chi connectivity index (χ1n) is 7.54. The molecule has 7 heteroatoms. The Morgan fingerprint density at radius 2 is 1.62 bits per heavy atom. The van der Waals surface area contributed by atoms with Gasteiger partial charge in [0.2, 0.25) is 0 Å². The topological polar surface area (TPSA) is 35.6 Å². The number of piperazine rings is 1. The van der Waals surface area contributed by atoms with Crippen molar-refractivity contribution in [2.24, 2.45) is 0 Å². The smallest absolute Gasteiger partial charge is 0.321 e. The zero-order valence-electron chi connectivity index (χ0n) is 12.8. The summed E-state index contributed by atoms with van der Waals surface area (Å²) in [6, 6.07) is 12.4. The second-order valence-corrected chi connectivity index (χ2v) is 6.79. The SMILES string of the molecule is O=C(Nc1cccc(Cl)c1)N1CCN(c2cc(Cl)ccc2Cl)CC1. The van der Waals surface area contributed by atoms with Gasteiger partial charge in [-0.3, -0.25) is 0 Å². The van der Waals surface area contributed by atoms with Crippen LogP contribution in [-0.4, -0.2) is 37.1 Å². The average molecular weight is 385 g/mol. The number of rotatable bonds is 2. The molecule has 0 aromatic heterocycles. The largest absolute Gasteiger partial charge is 0.367 e. The quantitative estimate of drug-likeness (QED) is 0.791. The van der Waals surface area contributed by atoms with Crippen molar-refractivity contribution in [3.8, 4) is 0 Å². The van der Waals surface area contributed by atoms with E-state index in [0.29, 0.717) is 46.9 Å². The molecular weight excluding hydrogens is 369 g/mol. The number of anilines is 2. The van der Waals surface area contributed by atoms with Gasteiger partial charge in [-0.25, -0.2) is 4.79 Å². The second kappa shape index (κ2) is 7.51. The fraction of sp³-hybridized carbons (Fsp3) is 0.235. The van der Waals surface area contributed by atoms with Crippen LogP contribution in [0.25, 0.3) is 0 Å². The molecule has 3 rings (SSSR count). The van der Waals surface area contributed by atoms with Crippen LogP contribution in [0, 0.1) is 0 Å². The highest BCUT2D eigenvalue weighted by atomic mass is 35.5. The number of nitrogens with zero attached hydrogens (tertiary/aromatic N) is 2. The molecule has 2 aromatic rings. The monoisotopic (exact) mass is 383 g/mol. The van der Waals surface area contributed by atoms with Gasteiger partial charge >= 0.3 is 6.03 Å². The molecule has 0 atom stereocenters. The van der Waals surface area contributed by atoms with Gasteiger partial charge in [0.25, 0.3) is 0 Å². The van der Waals surface area contributed by atoms with Crippen LogP contribution in [0.1, 0.15) is 0 Å². The third-order valence-electron chi connectivity index (χ3n) is 3.89. The van der Waals surface area contributed by atoms with Crippen LogP contribution >= 0.6 is 34.8 Å². The minimum absolute atomic E-state index is 0.130. The first kappa shape index (κ1) is 17.2.